The largest absolute Gasteiger partial charge is 0.433 e. The normalized spacial score (nSPS) is 10.7. The monoisotopic (exact) mass is 340 g/mol. The van der Waals surface area contributed by atoms with E-state index in [1.807, 2.05) is 0 Å². The van der Waals surface area contributed by atoms with Crippen LogP contribution in [0.5, 0.6) is 5.75 Å². The molecule has 1 aromatic carbocycles. The summed E-state index contributed by atoms with van der Waals surface area (Å²) >= 11 is 0. The van der Waals surface area contributed by atoms with E-state index in [1.165, 1.54) is 12.1 Å². The molecule has 1 heterocycles. The average Bonchev–Trinajstić information content (AvgIpc) is 2.93. The van der Waals surface area contributed by atoms with Crippen LogP contribution in [0.2, 0.25) is 0 Å². The van der Waals surface area contributed by atoms with Crippen molar-refractivity contribution in [3.8, 4) is 5.75 Å². The minimum Gasteiger partial charge on any atom is -0.433 e. The van der Waals surface area contributed by atoms with Crippen LogP contribution in [0.15, 0.2) is 24.4 Å². The van der Waals surface area contributed by atoms with Crippen LogP contribution < -0.4 is 10.1 Å². The number of carbonyl (C=O) groups excluding carboxylic acids is 1. The van der Waals surface area contributed by atoms with Gasteiger partial charge in [-0.15, -0.1) is 0 Å². The molecule has 0 aliphatic carbocycles. The maximum absolute atomic E-state index is 12.5. The first-order valence-corrected chi connectivity index (χ1v) is 6.90. The molecule has 1 amide bonds. The molecule has 0 aliphatic rings. The van der Waals surface area contributed by atoms with Crippen molar-refractivity contribution >= 4 is 17.3 Å². The minimum absolute atomic E-state index is 0.0240. The molecule has 0 unspecified atom stereocenters. The molecule has 1 aromatic heterocycles. The van der Waals surface area contributed by atoms with Gasteiger partial charge in [-0.3, -0.25) is 19.6 Å². The van der Waals surface area contributed by atoms with Crippen LogP contribution in [0.1, 0.15) is 23.0 Å². The van der Waals surface area contributed by atoms with Crippen molar-refractivity contribution in [2.45, 2.75) is 27.0 Å². The van der Waals surface area contributed by atoms with E-state index >= 15 is 0 Å². The van der Waals surface area contributed by atoms with Crippen molar-refractivity contribution in [1.29, 1.82) is 0 Å². The van der Waals surface area contributed by atoms with Crippen LogP contribution in [-0.2, 0) is 6.54 Å². The van der Waals surface area contributed by atoms with Crippen LogP contribution >= 0.6 is 0 Å². The maximum atomic E-state index is 12.5. The highest BCUT2D eigenvalue weighted by atomic mass is 19.3. The van der Waals surface area contributed by atoms with Gasteiger partial charge in [0.05, 0.1) is 10.6 Å². The minimum atomic E-state index is -3.07. The number of benzene rings is 1. The van der Waals surface area contributed by atoms with Gasteiger partial charge in [-0.25, -0.2) is 0 Å². The summed E-state index contributed by atoms with van der Waals surface area (Å²) in [5.41, 5.74) is -0.124. The molecular formula is C14H14F2N4O4. The van der Waals surface area contributed by atoms with E-state index in [9.17, 15) is 23.7 Å². The Labute approximate surface area is 135 Å². The third-order valence-corrected chi connectivity index (χ3v) is 3.13. The zero-order valence-electron chi connectivity index (χ0n) is 12.8. The van der Waals surface area contributed by atoms with Gasteiger partial charge in [-0.05, 0) is 31.5 Å². The number of rotatable bonds is 6. The number of alkyl halides is 2. The number of anilines is 1. The van der Waals surface area contributed by atoms with E-state index < -0.39 is 23.1 Å². The van der Waals surface area contributed by atoms with Gasteiger partial charge in [0.2, 0.25) is 5.69 Å². The van der Waals surface area contributed by atoms with E-state index in [0.29, 0.717) is 5.56 Å². The van der Waals surface area contributed by atoms with E-state index in [-0.39, 0.29) is 23.7 Å². The number of aromatic nitrogens is 2. The van der Waals surface area contributed by atoms with E-state index in [4.69, 9.17) is 0 Å². The Morgan fingerprint density at radius 2 is 2.21 bits per heavy atom. The van der Waals surface area contributed by atoms with Crippen LogP contribution in [0, 0.1) is 17.0 Å². The molecule has 0 aliphatic heterocycles. The molecule has 0 fully saturated rings. The lowest BCUT2D eigenvalue weighted by atomic mass is 10.2. The number of halogens is 2. The average molecular weight is 340 g/mol. The third kappa shape index (κ3) is 3.65. The maximum Gasteiger partial charge on any atom is 0.387 e. The van der Waals surface area contributed by atoms with Gasteiger partial charge in [0.1, 0.15) is 11.9 Å². The van der Waals surface area contributed by atoms with Gasteiger partial charge < -0.3 is 10.1 Å². The van der Waals surface area contributed by atoms with Crippen molar-refractivity contribution in [2.75, 3.05) is 5.32 Å². The summed E-state index contributed by atoms with van der Waals surface area (Å²) < 4.78 is 30.5. The molecule has 2 aromatic rings. The molecule has 0 radical (unpaired) electrons. The Morgan fingerprint density at radius 1 is 1.50 bits per heavy atom. The van der Waals surface area contributed by atoms with Crippen molar-refractivity contribution in [1.82, 2.24) is 9.78 Å². The Kier molecular flexibility index (Phi) is 5.07. The van der Waals surface area contributed by atoms with Crippen LogP contribution in [0.25, 0.3) is 0 Å². The molecule has 10 heteroatoms. The quantitative estimate of drug-likeness (QED) is 0.644. The van der Waals surface area contributed by atoms with Crippen molar-refractivity contribution in [3.63, 3.8) is 0 Å². The Morgan fingerprint density at radius 3 is 2.79 bits per heavy atom. The van der Waals surface area contributed by atoms with Crippen LogP contribution in [0.4, 0.5) is 20.2 Å². The van der Waals surface area contributed by atoms with E-state index in [2.05, 4.69) is 15.2 Å². The van der Waals surface area contributed by atoms with Crippen LogP contribution in [-0.4, -0.2) is 27.2 Å². The summed E-state index contributed by atoms with van der Waals surface area (Å²) in [5, 5.41) is 17.1. The van der Waals surface area contributed by atoms with Crippen LogP contribution in [0.3, 0.4) is 0 Å². The molecule has 1 N–H and O–H groups in total. The molecule has 24 heavy (non-hydrogen) atoms. The number of amides is 1. The topological polar surface area (TPSA) is 99.3 Å². The lowest BCUT2D eigenvalue weighted by Crippen LogP contribution is -2.19. The summed E-state index contributed by atoms with van der Waals surface area (Å²) in [4.78, 5) is 22.7. The smallest absolute Gasteiger partial charge is 0.387 e. The molecule has 0 atom stereocenters. The second-order valence-electron chi connectivity index (χ2n) is 4.78. The van der Waals surface area contributed by atoms with Gasteiger partial charge in [0.15, 0.2) is 0 Å². The van der Waals surface area contributed by atoms with Crippen molar-refractivity contribution in [3.05, 3.63) is 45.8 Å². The van der Waals surface area contributed by atoms with Gasteiger partial charge in [0.25, 0.3) is 5.91 Å². The lowest BCUT2D eigenvalue weighted by molar-refractivity contribution is -0.385. The first-order valence-electron chi connectivity index (χ1n) is 6.90. The highest BCUT2D eigenvalue weighted by Crippen LogP contribution is 2.29. The second kappa shape index (κ2) is 7.02. The van der Waals surface area contributed by atoms with Gasteiger partial charge >= 0.3 is 12.3 Å². The number of hydrogen-bond acceptors (Lipinski definition) is 5. The summed E-state index contributed by atoms with van der Waals surface area (Å²) in [6, 6.07) is 4.29. The molecule has 0 saturated heterocycles. The molecular weight excluding hydrogens is 326 g/mol. The predicted octanol–water partition coefficient (Wildman–Crippen LogP) is 2.97. The molecule has 8 nitrogen and oxygen atoms in total. The Bertz CT molecular complexity index is 776. The molecule has 0 saturated carbocycles. The van der Waals surface area contributed by atoms with Gasteiger partial charge in [0, 0.05) is 6.54 Å². The predicted molar refractivity (Wildman–Crippen MR) is 80.3 cm³/mol. The summed E-state index contributed by atoms with van der Waals surface area (Å²) in [6.45, 7) is 0.481. The fraction of sp³-hybridized carbons (Fsp3) is 0.286. The first kappa shape index (κ1) is 17.3. The zero-order valence-corrected chi connectivity index (χ0v) is 12.8. The highest BCUT2D eigenvalue weighted by molar-refractivity contribution is 6.06. The second-order valence-corrected chi connectivity index (χ2v) is 4.78. The fourth-order valence-electron chi connectivity index (χ4n) is 2.09. The number of nitrogens with one attached hydrogen (secondary N) is 1. The number of nitro groups is 1. The molecule has 128 valence electrons. The van der Waals surface area contributed by atoms with Crippen molar-refractivity contribution < 1.29 is 23.2 Å². The first-order chi connectivity index (χ1) is 11.3. The summed E-state index contributed by atoms with van der Waals surface area (Å²) in [6.07, 6.45) is 0.962. The summed E-state index contributed by atoms with van der Waals surface area (Å²) in [5.74, 6) is -1.08. The number of aryl methyl sites for hydroxylation is 2. The Hall–Kier alpha value is -3.04. The number of ether oxygens (including phenoxy) is 1. The van der Waals surface area contributed by atoms with E-state index in [1.54, 1.807) is 19.9 Å². The lowest BCUT2D eigenvalue weighted by Gasteiger charge is -2.13. The molecule has 0 bridgehead atoms. The summed E-state index contributed by atoms with van der Waals surface area (Å²) in [7, 11) is 0. The number of nitrogens with zero attached hydrogens (tertiary/aromatic N) is 3. The van der Waals surface area contributed by atoms with Gasteiger partial charge in [-0.2, -0.15) is 13.9 Å². The van der Waals surface area contributed by atoms with E-state index in [0.717, 1.165) is 10.9 Å². The Balaban J connectivity index is 2.37. The third-order valence-electron chi connectivity index (χ3n) is 3.13. The zero-order chi connectivity index (χ0) is 17.9. The van der Waals surface area contributed by atoms with Gasteiger partial charge in [-0.1, -0.05) is 6.07 Å². The highest BCUT2D eigenvalue weighted by Gasteiger charge is 2.27. The van der Waals surface area contributed by atoms with Crippen molar-refractivity contribution in [2.24, 2.45) is 0 Å². The standard InChI is InChI=1S/C14H14F2N4O4/c1-3-19-12(10(7-17-19)20(22)23)13(21)18-9-5-4-8(2)6-11(9)24-14(15)16/h4-7,14H,3H2,1-2H3,(H,18,21). The number of carbonyl (C=O) groups is 1. The molecule has 0 spiro atoms. The molecule has 2 rings (SSSR count). The SMILES string of the molecule is CCn1ncc([N+](=O)[O-])c1C(=O)Nc1ccc(C)cc1OC(F)F. The fourth-order valence-corrected chi connectivity index (χ4v) is 2.09. The number of hydrogen-bond donors (Lipinski definition) is 1.